The van der Waals surface area contributed by atoms with Crippen LogP contribution in [-0.2, 0) is 0 Å². The minimum Gasteiger partial charge on any atom is -0.494 e. The highest BCUT2D eigenvalue weighted by molar-refractivity contribution is 6.21. The second-order valence-electron chi connectivity index (χ2n) is 5.75. The fraction of sp³-hybridized carbons (Fsp3) is 0. The number of aromatic hydroxyl groups is 1. The van der Waals surface area contributed by atoms with Gasteiger partial charge in [0, 0.05) is 11.1 Å². The van der Waals surface area contributed by atoms with Crippen LogP contribution in [0.4, 0.5) is 0 Å². The lowest BCUT2D eigenvalue weighted by atomic mass is 10.0. The van der Waals surface area contributed by atoms with E-state index in [4.69, 9.17) is 0 Å². The third-order valence-electron chi connectivity index (χ3n) is 4.04. The Labute approximate surface area is 147 Å². The average molecular weight is 365 g/mol. The summed E-state index contributed by atoms with van der Waals surface area (Å²) in [6.07, 6.45) is 0. The molecule has 2 aromatic heterocycles. The Morgan fingerprint density at radius 3 is 2.11 bits per heavy atom. The Hall–Kier alpha value is -4.21. The van der Waals surface area contributed by atoms with Crippen molar-refractivity contribution in [1.29, 1.82) is 0 Å². The highest BCUT2D eigenvalue weighted by atomic mass is 16.3. The normalized spacial score (nSPS) is 12.7. The minimum absolute atomic E-state index is 0.0214. The molecule has 10 nitrogen and oxygen atoms in total. The molecular weight excluding hydrogens is 354 g/mol. The SMILES string of the molecule is C=c1[nH]c(=O)c(=C2N=C(c3c(O)[nH]c(=O)[nH]c3=O)c3ccccc32)c(=O)[nH]1. The lowest BCUT2D eigenvalue weighted by Crippen LogP contribution is -2.48. The number of rotatable bonds is 1. The fourth-order valence-corrected chi connectivity index (χ4v) is 2.95. The molecule has 27 heavy (non-hydrogen) atoms. The topological polar surface area (TPSA) is 164 Å². The lowest BCUT2D eigenvalue weighted by Gasteiger charge is -2.03. The molecule has 5 N–H and O–H groups in total. The molecular formula is C17H11N5O5. The molecule has 3 aromatic rings. The van der Waals surface area contributed by atoms with E-state index in [1.54, 1.807) is 24.3 Å². The molecule has 0 saturated heterocycles. The number of benzene rings is 1. The van der Waals surface area contributed by atoms with E-state index in [-0.39, 0.29) is 27.7 Å². The highest BCUT2D eigenvalue weighted by Crippen LogP contribution is 2.29. The second-order valence-corrected chi connectivity index (χ2v) is 5.75. The zero-order valence-corrected chi connectivity index (χ0v) is 13.5. The quantitative estimate of drug-likeness (QED) is 0.323. The molecule has 3 heterocycles. The van der Waals surface area contributed by atoms with Gasteiger partial charge >= 0.3 is 5.69 Å². The summed E-state index contributed by atoms with van der Waals surface area (Å²) in [4.78, 5) is 61.3. The maximum atomic E-state index is 12.3. The summed E-state index contributed by atoms with van der Waals surface area (Å²) in [6, 6.07) is 6.58. The van der Waals surface area contributed by atoms with E-state index in [9.17, 15) is 24.3 Å². The van der Waals surface area contributed by atoms with Crippen molar-refractivity contribution in [2.24, 2.45) is 4.99 Å². The molecule has 134 valence electrons. The van der Waals surface area contributed by atoms with Crippen LogP contribution in [0, 0.1) is 0 Å². The van der Waals surface area contributed by atoms with E-state index >= 15 is 0 Å². The summed E-state index contributed by atoms with van der Waals surface area (Å²) in [7, 11) is 0. The molecule has 1 aromatic carbocycles. The number of nitrogens with zero attached hydrogens (tertiary/aromatic N) is 1. The number of aliphatic imine (C=N–C) groups is 1. The van der Waals surface area contributed by atoms with Crippen molar-refractivity contribution in [2.75, 3.05) is 0 Å². The van der Waals surface area contributed by atoms with Crippen molar-refractivity contribution in [3.63, 3.8) is 0 Å². The lowest BCUT2D eigenvalue weighted by molar-refractivity contribution is 0.447. The summed E-state index contributed by atoms with van der Waals surface area (Å²) in [5.41, 5.74) is -2.47. The van der Waals surface area contributed by atoms with Gasteiger partial charge < -0.3 is 15.1 Å². The third kappa shape index (κ3) is 2.47. The molecule has 0 atom stereocenters. The van der Waals surface area contributed by atoms with Crippen molar-refractivity contribution in [2.45, 2.75) is 0 Å². The van der Waals surface area contributed by atoms with Crippen LogP contribution in [0.1, 0.15) is 16.7 Å². The zero-order valence-electron chi connectivity index (χ0n) is 13.5. The number of hydrogen-bond acceptors (Lipinski definition) is 6. The second kappa shape index (κ2) is 5.66. The number of aromatic amines is 4. The van der Waals surface area contributed by atoms with E-state index in [0.717, 1.165) is 0 Å². The van der Waals surface area contributed by atoms with Gasteiger partial charge in [-0.15, -0.1) is 0 Å². The van der Waals surface area contributed by atoms with Crippen LogP contribution >= 0.6 is 0 Å². The average Bonchev–Trinajstić information content (AvgIpc) is 2.93. The van der Waals surface area contributed by atoms with Crippen LogP contribution in [0.15, 0.2) is 48.4 Å². The molecule has 0 fully saturated rings. The molecule has 0 unspecified atom stereocenters. The van der Waals surface area contributed by atoms with Crippen molar-refractivity contribution in [3.8, 4) is 5.88 Å². The van der Waals surface area contributed by atoms with Gasteiger partial charge in [0.05, 0.1) is 11.4 Å². The first-order valence-electron chi connectivity index (χ1n) is 7.67. The molecule has 0 aliphatic carbocycles. The Bertz CT molecular complexity index is 1450. The van der Waals surface area contributed by atoms with Crippen LogP contribution < -0.4 is 33.1 Å². The first-order valence-corrected chi connectivity index (χ1v) is 7.67. The van der Waals surface area contributed by atoms with E-state index in [1.807, 2.05) is 4.98 Å². The van der Waals surface area contributed by atoms with Gasteiger partial charge in [-0.1, -0.05) is 30.8 Å². The molecule has 0 radical (unpaired) electrons. The standard InChI is InChI=1S/C17H11N5O5/c1-6-18-13(23)9(14(24)19-6)11-7-4-2-3-5-8(7)12(20-11)10-15(25)21-17(27)22-16(10)26/h2-5H,1H2,(H,18,23)(H,19,24)(H3,21,22,25,26,27). The Kier molecular flexibility index (Phi) is 3.41. The summed E-state index contributed by atoms with van der Waals surface area (Å²) in [6.45, 7) is 3.48. The van der Waals surface area contributed by atoms with Crippen molar-refractivity contribution < 1.29 is 5.11 Å². The monoisotopic (exact) mass is 365 g/mol. The number of fused-ring (bicyclic) bond motifs is 1. The molecule has 4 rings (SSSR count). The summed E-state index contributed by atoms with van der Waals surface area (Å²) < 4.78 is 0. The van der Waals surface area contributed by atoms with Crippen LogP contribution in [0.5, 0.6) is 5.88 Å². The Morgan fingerprint density at radius 1 is 0.852 bits per heavy atom. The van der Waals surface area contributed by atoms with Gasteiger partial charge in [-0.25, -0.2) is 9.79 Å². The van der Waals surface area contributed by atoms with Crippen molar-refractivity contribution in [1.82, 2.24) is 19.9 Å². The molecule has 0 saturated carbocycles. The summed E-state index contributed by atoms with van der Waals surface area (Å²) in [5, 5.41) is 9.79. The minimum atomic E-state index is -0.878. The van der Waals surface area contributed by atoms with Gasteiger partial charge in [-0.2, -0.15) is 0 Å². The number of hydrogen-bond donors (Lipinski definition) is 5. The van der Waals surface area contributed by atoms with Crippen LogP contribution in [0.25, 0.3) is 12.3 Å². The predicted molar refractivity (Wildman–Crippen MR) is 96.4 cm³/mol. The van der Waals surface area contributed by atoms with Gasteiger partial charge in [-0.3, -0.25) is 24.4 Å². The molecule has 0 bridgehead atoms. The molecule has 0 amide bonds. The van der Waals surface area contributed by atoms with Gasteiger partial charge in [0.1, 0.15) is 16.3 Å². The van der Waals surface area contributed by atoms with E-state index < -0.39 is 28.2 Å². The van der Waals surface area contributed by atoms with Gasteiger partial charge in [0.25, 0.3) is 16.7 Å². The smallest absolute Gasteiger partial charge is 0.328 e. The van der Waals surface area contributed by atoms with Crippen molar-refractivity contribution >= 4 is 18.0 Å². The molecule has 1 aliphatic heterocycles. The Morgan fingerprint density at radius 2 is 1.48 bits per heavy atom. The zero-order chi connectivity index (χ0) is 19.3. The van der Waals surface area contributed by atoms with E-state index in [2.05, 4.69) is 26.5 Å². The largest absolute Gasteiger partial charge is 0.494 e. The third-order valence-corrected chi connectivity index (χ3v) is 4.04. The Balaban J connectivity index is 2.19. The van der Waals surface area contributed by atoms with E-state index in [1.165, 1.54) is 0 Å². The first kappa shape index (κ1) is 16.3. The maximum Gasteiger partial charge on any atom is 0.328 e. The fourth-order valence-electron chi connectivity index (χ4n) is 2.95. The molecule has 10 heteroatoms. The highest BCUT2D eigenvalue weighted by Gasteiger charge is 2.27. The van der Waals surface area contributed by atoms with Gasteiger partial charge in [-0.05, 0) is 0 Å². The predicted octanol–water partition coefficient (Wildman–Crippen LogP) is -2.44. The van der Waals surface area contributed by atoms with Crippen LogP contribution in [0.3, 0.4) is 0 Å². The summed E-state index contributed by atoms with van der Waals surface area (Å²) >= 11 is 0. The van der Waals surface area contributed by atoms with E-state index in [0.29, 0.717) is 11.1 Å². The number of aromatic nitrogens is 4. The van der Waals surface area contributed by atoms with Gasteiger partial charge in [0.2, 0.25) is 5.88 Å². The number of H-pyrrole nitrogens is 4. The van der Waals surface area contributed by atoms with Crippen LogP contribution in [0.2, 0.25) is 0 Å². The van der Waals surface area contributed by atoms with Gasteiger partial charge in [0.15, 0.2) is 0 Å². The van der Waals surface area contributed by atoms with Crippen molar-refractivity contribution in [3.05, 3.63) is 93.2 Å². The first-order chi connectivity index (χ1) is 12.9. The number of nitrogens with one attached hydrogen (secondary N) is 4. The molecule has 1 aliphatic rings. The maximum absolute atomic E-state index is 12.3. The summed E-state index contributed by atoms with van der Waals surface area (Å²) in [5.74, 6) is -0.672. The van der Waals surface area contributed by atoms with Crippen LogP contribution in [-0.4, -0.2) is 30.8 Å². The molecule has 0 spiro atoms.